The SMILES string of the molecule is O[C@H]1CCc2ccc(Cl)nc21. The number of fused-ring (bicyclic) bond motifs is 1. The van der Waals surface area contributed by atoms with Gasteiger partial charge in [-0.1, -0.05) is 17.7 Å². The van der Waals surface area contributed by atoms with Gasteiger partial charge in [0.25, 0.3) is 0 Å². The van der Waals surface area contributed by atoms with E-state index in [4.69, 9.17) is 11.6 Å². The van der Waals surface area contributed by atoms with E-state index in [0.717, 1.165) is 24.1 Å². The molecular formula is C8H8ClNO. The van der Waals surface area contributed by atoms with Crippen LogP contribution in [0.2, 0.25) is 5.15 Å². The minimum absolute atomic E-state index is 0.399. The highest BCUT2D eigenvalue weighted by Gasteiger charge is 2.21. The van der Waals surface area contributed by atoms with E-state index in [1.54, 1.807) is 6.07 Å². The summed E-state index contributed by atoms with van der Waals surface area (Å²) in [5.74, 6) is 0. The first-order valence-corrected chi connectivity index (χ1v) is 3.98. The average molecular weight is 170 g/mol. The minimum atomic E-state index is -0.399. The number of pyridine rings is 1. The van der Waals surface area contributed by atoms with E-state index in [1.807, 2.05) is 6.07 Å². The van der Waals surface area contributed by atoms with Crippen LogP contribution in [0.5, 0.6) is 0 Å². The van der Waals surface area contributed by atoms with Gasteiger partial charge in [0.2, 0.25) is 0 Å². The van der Waals surface area contributed by atoms with Gasteiger partial charge in [-0.2, -0.15) is 0 Å². The summed E-state index contributed by atoms with van der Waals surface area (Å²) in [4.78, 5) is 4.05. The highest BCUT2D eigenvalue weighted by molar-refractivity contribution is 6.29. The maximum atomic E-state index is 9.38. The molecule has 1 aliphatic carbocycles. The van der Waals surface area contributed by atoms with Crippen LogP contribution >= 0.6 is 11.6 Å². The van der Waals surface area contributed by atoms with Gasteiger partial charge in [0.15, 0.2) is 0 Å². The number of aliphatic hydroxyl groups excluding tert-OH is 1. The van der Waals surface area contributed by atoms with Gasteiger partial charge in [-0.25, -0.2) is 4.98 Å². The summed E-state index contributed by atoms with van der Waals surface area (Å²) in [7, 11) is 0. The van der Waals surface area contributed by atoms with Crippen molar-refractivity contribution in [3.05, 3.63) is 28.5 Å². The zero-order valence-corrected chi connectivity index (χ0v) is 6.67. The molecule has 11 heavy (non-hydrogen) atoms. The summed E-state index contributed by atoms with van der Waals surface area (Å²) in [6, 6.07) is 3.69. The zero-order chi connectivity index (χ0) is 7.84. The molecule has 2 nitrogen and oxygen atoms in total. The average Bonchev–Trinajstić information content (AvgIpc) is 2.33. The van der Waals surface area contributed by atoms with E-state index < -0.39 is 6.10 Å². The monoisotopic (exact) mass is 169 g/mol. The minimum Gasteiger partial charge on any atom is -0.387 e. The van der Waals surface area contributed by atoms with Crippen molar-refractivity contribution in [1.29, 1.82) is 0 Å². The summed E-state index contributed by atoms with van der Waals surface area (Å²) >= 11 is 5.67. The number of halogens is 1. The molecule has 0 saturated carbocycles. The Labute approximate surface area is 69.8 Å². The Kier molecular flexibility index (Phi) is 1.59. The van der Waals surface area contributed by atoms with Crippen molar-refractivity contribution >= 4 is 11.6 Å². The smallest absolute Gasteiger partial charge is 0.129 e. The highest BCUT2D eigenvalue weighted by Crippen LogP contribution is 2.29. The second-order valence-electron chi connectivity index (χ2n) is 2.73. The maximum absolute atomic E-state index is 9.38. The summed E-state index contributed by atoms with van der Waals surface area (Å²) in [6.45, 7) is 0. The molecule has 0 aliphatic heterocycles. The van der Waals surface area contributed by atoms with Crippen molar-refractivity contribution in [3.8, 4) is 0 Å². The van der Waals surface area contributed by atoms with E-state index in [9.17, 15) is 5.11 Å². The van der Waals surface area contributed by atoms with Crippen LogP contribution in [-0.2, 0) is 6.42 Å². The van der Waals surface area contributed by atoms with Crippen molar-refractivity contribution in [2.24, 2.45) is 0 Å². The lowest BCUT2D eigenvalue weighted by Gasteiger charge is -2.01. The Morgan fingerprint density at radius 1 is 1.55 bits per heavy atom. The summed E-state index contributed by atoms with van der Waals surface area (Å²) in [5.41, 5.74) is 1.89. The zero-order valence-electron chi connectivity index (χ0n) is 5.92. The first kappa shape index (κ1) is 7.07. The molecule has 0 saturated heterocycles. The van der Waals surface area contributed by atoms with E-state index >= 15 is 0 Å². The number of rotatable bonds is 0. The van der Waals surface area contributed by atoms with E-state index in [0.29, 0.717) is 5.15 Å². The normalized spacial score (nSPS) is 21.8. The van der Waals surface area contributed by atoms with Crippen molar-refractivity contribution in [3.63, 3.8) is 0 Å². The van der Waals surface area contributed by atoms with Gasteiger partial charge in [0.1, 0.15) is 5.15 Å². The predicted octanol–water partition coefficient (Wildman–Crippen LogP) is 1.71. The molecule has 1 atom stereocenters. The standard InChI is InChI=1S/C8H8ClNO/c9-7-4-2-5-1-3-6(11)8(5)10-7/h2,4,6,11H,1,3H2/t6-/m0/s1. The van der Waals surface area contributed by atoms with Crippen molar-refractivity contribution in [2.75, 3.05) is 0 Å². The molecule has 0 amide bonds. The van der Waals surface area contributed by atoms with Crippen LogP contribution in [0.25, 0.3) is 0 Å². The van der Waals surface area contributed by atoms with Crippen molar-refractivity contribution in [1.82, 2.24) is 4.98 Å². The predicted molar refractivity (Wildman–Crippen MR) is 42.5 cm³/mol. The fraction of sp³-hybridized carbons (Fsp3) is 0.375. The molecule has 0 unspecified atom stereocenters. The van der Waals surface area contributed by atoms with Gasteiger partial charge in [-0.15, -0.1) is 0 Å². The second-order valence-corrected chi connectivity index (χ2v) is 3.12. The maximum Gasteiger partial charge on any atom is 0.129 e. The van der Waals surface area contributed by atoms with Crippen LogP contribution in [0.3, 0.4) is 0 Å². The lowest BCUT2D eigenvalue weighted by molar-refractivity contribution is 0.176. The number of aromatic nitrogens is 1. The second kappa shape index (κ2) is 2.47. The van der Waals surface area contributed by atoms with E-state index in [2.05, 4.69) is 4.98 Å². The van der Waals surface area contributed by atoms with Crippen LogP contribution in [0.15, 0.2) is 12.1 Å². The first-order chi connectivity index (χ1) is 5.27. The molecule has 1 N–H and O–H groups in total. The molecule has 1 aromatic heterocycles. The third-order valence-corrected chi connectivity index (χ3v) is 2.19. The number of aryl methyl sites for hydroxylation is 1. The third kappa shape index (κ3) is 1.12. The summed E-state index contributed by atoms with van der Waals surface area (Å²) < 4.78 is 0. The van der Waals surface area contributed by atoms with Crippen LogP contribution in [0.1, 0.15) is 23.8 Å². The molecular weight excluding hydrogens is 162 g/mol. The first-order valence-electron chi connectivity index (χ1n) is 3.61. The molecule has 0 aromatic carbocycles. The van der Waals surface area contributed by atoms with Crippen molar-refractivity contribution in [2.45, 2.75) is 18.9 Å². The van der Waals surface area contributed by atoms with Crippen LogP contribution in [-0.4, -0.2) is 10.1 Å². The Morgan fingerprint density at radius 2 is 2.36 bits per heavy atom. The Bertz CT molecular complexity index is 287. The van der Waals surface area contributed by atoms with Crippen LogP contribution in [0, 0.1) is 0 Å². The largest absolute Gasteiger partial charge is 0.387 e. The molecule has 0 bridgehead atoms. The Balaban J connectivity index is 2.52. The van der Waals surface area contributed by atoms with E-state index in [1.165, 1.54) is 0 Å². The summed E-state index contributed by atoms with van der Waals surface area (Å²) in [5, 5.41) is 9.85. The quantitative estimate of drug-likeness (QED) is 0.600. The number of hydrogen-bond donors (Lipinski definition) is 1. The van der Waals surface area contributed by atoms with Crippen LogP contribution in [0.4, 0.5) is 0 Å². The molecule has 1 aliphatic rings. The molecule has 0 radical (unpaired) electrons. The highest BCUT2D eigenvalue weighted by atomic mass is 35.5. The molecule has 3 heteroatoms. The molecule has 2 rings (SSSR count). The fourth-order valence-corrected chi connectivity index (χ4v) is 1.56. The molecule has 1 heterocycles. The Hall–Kier alpha value is -0.600. The van der Waals surface area contributed by atoms with Gasteiger partial charge in [-0.3, -0.25) is 0 Å². The van der Waals surface area contributed by atoms with E-state index in [-0.39, 0.29) is 0 Å². The number of hydrogen-bond acceptors (Lipinski definition) is 2. The topological polar surface area (TPSA) is 33.1 Å². The third-order valence-electron chi connectivity index (χ3n) is 1.98. The van der Waals surface area contributed by atoms with Gasteiger partial charge in [-0.05, 0) is 24.5 Å². The van der Waals surface area contributed by atoms with Crippen LogP contribution < -0.4 is 0 Å². The molecule has 1 aromatic rings. The molecule has 0 fully saturated rings. The van der Waals surface area contributed by atoms with Gasteiger partial charge in [0.05, 0.1) is 11.8 Å². The van der Waals surface area contributed by atoms with Crippen molar-refractivity contribution < 1.29 is 5.11 Å². The summed E-state index contributed by atoms with van der Waals surface area (Å²) in [6.07, 6.45) is 1.30. The number of nitrogens with zero attached hydrogens (tertiary/aromatic N) is 1. The number of aliphatic hydroxyl groups is 1. The Morgan fingerprint density at radius 3 is 3.18 bits per heavy atom. The van der Waals surface area contributed by atoms with Gasteiger partial charge in [0, 0.05) is 0 Å². The molecule has 58 valence electrons. The lowest BCUT2D eigenvalue weighted by Crippen LogP contribution is -1.94. The fourth-order valence-electron chi connectivity index (χ4n) is 1.41. The van der Waals surface area contributed by atoms with Gasteiger partial charge >= 0.3 is 0 Å². The van der Waals surface area contributed by atoms with Gasteiger partial charge < -0.3 is 5.11 Å². The lowest BCUT2D eigenvalue weighted by atomic mass is 10.2. The molecule has 0 spiro atoms.